The molecule has 0 spiro atoms. The number of hydrogen-bond donors (Lipinski definition) is 9. The predicted molar refractivity (Wildman–Crippen MR) is 368 cm³/mol. The average Bonchev–Trinajstić information content (AvgIpc) is 1.26. The number of aliphatic hydroxyl groups excluding tert-OH is 8. The van der Waals surface area contributed by atoms with Gasteiger partial charge in [0.15, 0.2) is 12.6 Å². The van der Waals surface area contributed by atoms with Crippen molar-refractivity contribution in [2.75, 3.05) is 19.8 Å². The molecular weight excluding hydrogens is 1130 g/mol. The Morgan fingerprint density at radius 1 is 0.411 bits per heavy atom. The number of rotatable bonds is 56. The maximum absolute atomic E-state index is 13.3. The number of ether oxygens (including phenoxy) is 4. The summed E-state index contributed by atoms with van der Waals surface area (Å²) in [6.45, 7) is 2.65. The molecule has 0 bridgehead atoms. The number of amides is 1. The molecule has 2 saturated heterocycles. The lowest BCUT2D eigenvalue weighted by Gasteiger charge is -2.46. The van der Waals surface area contributed by atoms with Crippen LogP contribution in [0.2, 0.25) is 0 Å². The van der Waals surface area contributed by atoms with E-state index >= 15 is 0 Å². The van der Waals surface area contributed by atoms with Gasteiger partial charge >= 0.3 is 0 Å². The minimum Gasteiger partial charge on any atom is -0.394 e. The monoisotopic (exact) mass is 1260 g/mol. The van der Waals surface area contributed by atoms with E-state index in [0.29, 0.717) is 12.8 Å². The average molecular weight is 1260 g/mol. The van der Waals surface area contributed by atoms with Crippen LogP contribution in [-0.2, 0) is 23.7 Å². The molecule has 14 heteroatoms. The van der Waals surface area contributed by atoms with E-state index in [1.165, 1.54) is 109 Å². The summed E-state index contributed by atoms with van der Waals surface area (Å²) in [5.41, 5.74) is 0. The van der Waals surface area contributed by atoms with Crippen LogP contribution in [0.5, 0.6) is 0 Å². The summed E-state index contributed by atoms with van der Waals surface area (Å²) in [5.74, 6) is -0.282. The highest BCUT2D eigenvalue weighted by Gasteiger charge is 2.51. The Labute approximate surface area is 545 Å². The second-order valence-corrected chi connectivity index (χ2v) is 24.3. The first-order chi connectivity index (χ1) is 44.1. The van der Waals surface area contributed by atoms with Crippen molar-refractivity contribution < 1.29 is 64.6 Å². The maximum atomic E-state index is 13.3. The summed E-state index contributed by atoms with van der Waals surface area (Å²) < 4.78 is 22.8. The lowest BCUT2D eigenvalue weighted by atomic mass is 9.97. The number of carbonyl (C=O) groups excluding carboxylic acids is 1. The van der Waals surface area contributed by atoms with Gasteiger partial charge in [0.25, 0.3) is 0 Å². The number of allylic oxidation sites excluding steroid dienone is 21. The molecule has 2 aliphatic heterocycles. The maximum Gasteiger partial charge on any atom is 0.220 e. The van der Waals surface area contributed by atoms with E-state index in [2.05, 4.69) is 141 Å². The van der Waals surface area contributed by atoms with Crippen molar-refractivity contribution in [3.05, 3.63) is 134 Å². The molecule has 0 aromatic carbocycles. The molecule has 1 amide bonds. The zero-order chi connectivity index (χ0) is 65.2. The summed E-state index contributed by atoms with van der Waals surface area (Å²) in [4.78, 5) is 13.3. The molecule has 12 atom stereocenters. The summed E-state index contributed by atoms with van der Waals surface area (Å²) in [7, 11) is 0. The minimum absolute atomic E-state index is 0.231. The second-order valence-electron chi connectivity index (χ2n) is 24.3. The fourth-order valence-electron chi connectivity index (χ4n) is 10.7. The summed E-state index contributed by atoms with van der Waals surface area (Å²) >= 11 is 0. The third-order valence-corrected chi connectivity index (χ3v) is 16.3. The third-order valence-electron chi connectivity index (χ3n) is 16.3. The Kier molecular flexibility index (Phi) is 53.8. The van der Waals surface area contributed by atoms with Crippen molar-refractivity contribution >= 4 is 5.91 Å². The Hall–Kier alpha value is -3.87. The number of hydrogen-bond acceptors (Lipinski definition) is 13. The quantitative estimate of drug-likeness (QED) is 0.0204. The molecule has 2 aliphatic rings. The van der Waals surface area contributed by atoms with Crippen LogP contribution in [0.4, 0.5) is 0 Å². The van der Waals surface area contributed by atoms with Crippen LogP contribution in [0.15, 0.2) is 134 Å². The first-order valence-corrected chi connectivity index (χ1v) is 35.4. The van der Waals surface area contributed by atoms with Gasteiger partial charge in [0.05, 0.1) is 32.0 Å². The molecule has 0 radical (unpaired) electrons. The molecule has 514 valence electrons. The highest BCUT2D eigenvalue weighted by molar-refractivity contribution is 5.76. The molecule has 0 aliphatic carbocycles. The van der Waals surface area contributed by atoms with E-state index in [4.69, 9.17) is 18.9 Å². The minimum atomic E-state index is -1.80. The highest BCUT2D eigenvalue weighted by atomic mass is 16.7. The predicted octanol–water partition coefficient (Wildman–Crippen LogP) is 14.7. The van der Waals surface area contributed by atoms with E-state index in [1.54, 1.807) is 6.08 Å². The zero-order valence-electron chi connectivity index (χ0n) is 55.8. The van der Waals surface area contributed by atoms with E-state index in [1.807, 2.05) is 6.08 Å². The van der Waals surface area contributed by atoms with Gasteiger partial charge in [-0.05, 0) is 109 Å². The lowest BCUT2D eigenvalue weighted by molar-refractivity contribution is -0.359. The topological polar surface area (TPSA) is 228 Å². The van der Waals surface area contributed by atoms with Gasteiger partial charge in [-0.25, -0.2) is 0 Å². The van der Waals surface area contributed by atoms with Gasteiger partial charge in [-0.15, -0.1) is 0 Å². The SMILES string of the molecule is CC/C=C\C/C=C\C/C=C\C/C=C\C/C=C\C/C=C\C/C=C\C/C=C\CCCCCCC(=O)NC(COC1OC(CO)C(OC2OC(CO)C(O)C(O)C2O)C(O)C1O)C(O)/C=C/CC/C=C/CC/C=C/CCCCCCCCCCCCCCCCCCC. The Morgan fingerprint density at radius 3 is 1.22 bits per heavy atom. The van der Waals surface area contributed by atoms with Gasteiger partial charge in [0.2, 0.25) is 5.91 Å². The van der Waals surface area contributed by atoms with Crippen LogP contribution >= 0.6 is 0 Å². The standard InChI is InChI=1S/C76H127NO13/c1-3-5-7-9-11-13-15-17-19-21-23-25-27-29-31-32-34-36-38-40-42-44-46-48-50-52-54-56-58-60-68(81)77-64(63-87-75-73(86)71(84)74(67(62-79)89-75)90-76-72(85)70(83)69(82)66(61-78)88-76)65(80)59-57-55-53-51-49-47-45-43-41-39-37-35-33-30-28-26-24-22-20-18-16-14-12-10-8-6-4-2/h5,7,11,13,17,19,23,25,29,31,34,36,40-43,46,48-49,51,57,59,64-67,69-76,78-80,82-86H,3-4,6,8-10,12,14-16,18,20-22,24,26-28,30,32-33,35,37-39,44-45,47,50,52-56,58,60-63H2,1-2H3,(H,77,81)/b7-5-,13-11-,19-17-,25-23-,31-29-,36-34-,42-40-,43-41+,48-46-,51-49+,59-57+. The molecule has 0 saturated carbocycles. The molecule has 14 nitrogen and oxygen atoms in total. The third kappa shape index (κ3) is 42.4. The smallest absolute Gasteiger partial charge is 0.220 e. The number of nitrogens with one attached hydrogen (secondary N) is 1. The van der Waals surface area contributed by atoms with Crippen LogP contribution in [0, 0.1) is 0 Å². The van der Waals surface area contributed by atoms with Crippen molar-refractivity contribution in [3.63, 3.8) is 0 Å². The first-order valence-electron chi connectivity index (χ1n) is 35.4. The molecule has 0 aromatic rings. The fraction of sp³-hybridized carbons (Fsp3) is 0.697. The van der Waals surface area contributed by atoms with Crippen LogP contribution in [0.1, 0.15) is 245 Å². The van der Waals surface area contributed by atoms with Crippen molar-refractivity contribution in [2.45, 2.75) is 319 Å². The van der Waals surface area contributed by atoms with Crippen molar-refractivity contribution in [3.8, 4) is 0 Å². The molecule has 90 heavy (non-hydrogen) atoms. The highest BCUT2D eigenvalue weighted by Crippen LogP contribution is 2.30. The molecule has 2 fully saturated rings. The Bertz CT molecular complexity index is 2020. The summed E-state index contributed by atoms with van der Waals surface area (Å²) in [5, 5.41) is 87.4. The summed E-state index contributed by atoms with van der Waals surface area (Å²) in [6, 6.07) is -0.964. The number of aliphatic hydroxyl groups is 8. The van der Waals surface area contributed by atoms with E-state index in [0.717, 1.165) is 103 Å². The van der Waals surface area contributed by atoms with Crippen LogP contribution in [-0.4, -0.2) is 140 Å². The van der Waals surface area contributed by atoms with Crippen LogP contribution in [0.3, 0.4) is 0 Å². The van der Waals surface area contributed by atoms with Gasteiger partial charge in [0, 0.05) is 6.42 Å². The number of unbranched alkanes of at least 4 members (excludes halogenated alkanes) is 23. The largest absolute Gasteiger partial charge is 0.394 e. The van der Waals surface area contributed by atoms with E-state index < -0.39 is 86.8 Å². The fourth-order valence-corrected chi connectivity index (χ4v) is 10.7. The van der Waals surface area contributed by atoms with Crippen LogP contribution in [0.25, 0.3) is 0 Å². The normalized spacial score (nSPS) is 23.8. The molecule has 2 rings (SSSR count). The molecular formula is C76H127NO13. The first kappa shape index (κ1) is 82.2. The Morgan fingerprint density at radius 2 is 0.778 bits per heavy atom. The summed E-state index contributed by atoms with van der Waals surface area (Å²) in [6.07, 6.45) is 70.7. The van der Waals surface area contributed by atoms with Gasteiger partial charge in [0.1, 0.15) is 48.8 Å². The lowest BCUT2D eigenvalue weighted by Crippen LogP contribution is -2.65. The molecule has 12 unspecified atom stereocenters. The van der Waals surface area contributed by atoms with E-state index in [-0.39, 0.29) is 18.9 Å². The number of carbonyl (C=O) groups is 1. The van der Waals surface area contributed by atoms with E-state index in [9.17, 15) is 45.6 Å². The molecule has 9 N–H and O–H groups in total. The van der Waals surface area contributed by atoms with Crippen molar-refractivity contribution in [1.82, 2.24) is 5.32 Å². The van der Waals surface area contributed by atoms with Gasteiger partial charge in [-0.1, -0.05) is 263 Å². The molecule has 2 heterocycles. The molecule has 0 aromatic heterocycles. The zero-order valence-corrected chi connectivity index (χ0v) is 55.8. The second kappa shape index (κ2) is 58.9. The van der Waals surface area contributed by atoms with Crippen molar-refractivity contribution in [1.29, 1.82) is 0 Å². The van der Waals surface area contributed by atoms with Crippen LogP contribution < -0.4 is 5.32 Å². The van der Waals surface area contributed by atoms with Crippen molar-refractivity contribution in [2.24, 2.45) is 0 Å². The van der Waals surface area contributed by atoms with Gasteiger partial charge < -0.3 is 65.1 Å². The van der Waals surface area contributed by atoms with Gasteiger partial charge in [-0.2, -0.15) is 0 Å². The van der Waals surface area contributed by atoms with Gasteiger partial charge in [-0.3, -0.25) is 4.79 Å². The Balaban J connectivity index is 1.74.